The van der Waals surface area contributed by atoms with Gasteiger partial charge in [0.25, 0.3) is 0 Å². The Balaban J connectivity index is 5.17. The average molecular weight is 1370 g/mol. The zero-order valence-electron chi connectivity index (χ0n) is 60.7. The first-order chi connectivity index (χ1) is 44.8. The van der Waals surface area contributed by atoms with E-state index in [4.69, 9.17) is 37.0 Å². The van der Waals surface area contributed by atoms with Crippen molar-refractivity contribution in [2.24, 2.45) is 17.8 Å². The molecule has 5 unspecified atom stereocenters. The highest BCUT2D eigenvalue weighted by Gasteiger charge is 2.30. The number of aliphatic hydroxyl groups is 1. The third-order valence-corrected chi connectivity index (χ3v) is 20.1. The molecule has 0 heterocycles. The highest BCUT2D eigenvalue weighted by molar-refractivity contribution is 7.47. The summed E-state index contributed by atoms with van der Waals surface area (Å²) in [7, 11) is -9.90. The molecule has 0 rings (SSSR count). The van der Waals surface area contributed by atoms with E-state index < -0.39 is 97.5 Å². The first-order valence-corrected chi connectivity index (χ1v) is 41.5. The van der Waals surface area contributed by atoms with Gasteiger partial charge in [-0.05, 0) is 43.4 Å². The number of esters is 4. The molecule has 0 radical (unpaired) electrons. The van der Waals surface area contributed by atoms with E-state index in [1.54, 1.807) is 0 Å². The van der Waals surface area contributed by atoms with Crippen LogP contribution in [0.2, 0.25) is 0 Å². The first-order valence-electron chi connectivity index (χ1n) is 38.5. The lowest BCUT2D eigenvalue weighted by Gasteiger charge is -2.21. The molecule has 0 aliphatic heterocycles. The largest absolute Gasteiger partial charge is 0.472 e. The minimum atomic E-state index is -4.96. The van der Waals surface area contributed by atoms with Crippen molar-refractivity contribution in [2.75, 3.05) is 39.6 Å². The average Bonchev–Trinajstić information content (AvgIpc) is 1.66. The standard InChI is InChI=1S/C74H144O17P2/c1-8-12-13-14-15-26-33-41-48-55-71(76)84-62-70(91-74(79)58-51-44-37-36-40-47-54-67(7)11-4)64-89-93(82,83)87-60-68(75)59-86-92(80,81)88-63-69(61-85-72(77)56-49-42-34-30-29-32-39-46-53-66(6)10-3)90-73(78)57-50-43-35-28-25-23-21-19-17-16-18-20-22-24-27-31-38-45-52-65(5)9-2/h65-70,75H,8-64H2,1-7H3,(H,80,81)(H,82,83)/t65?,66?,67?,68-,69-,70-/m1/s1. The third-order valence-electron chi connectivity index (χ3n) is 18.2. The van der Waals surface area contributed by atoms with Gasteiger partial charge < -0.3 is 33.8 Å². The van der Waals surface area contributed by atoms with Gasteiger partial charge in [0.1, 0.15) is 19.3 Å². The first kappa shape index (κ1) is 91.1. The molecule has 93 heavy (non-hydrogen) atoms. The quantitative estimate of drug-likeness (QED) is 0.0222. The Kier molecular flexibility index (Phi) is 63.4. The Labute approximate surface area is 568 Å². The molecule has 0 aromatic heterocycles. The number of rotatable bonds is 72. The Morgan fingerprint density at radius 1 is 0.301 bits per heavy atom. The van der Waals surface area contributed by atoms with Crippen molar-refractivity contribution >= 4 is 39.5 Å². The Hall–Kier alpha value is -1.94. The molecule has 552 valence electrons. The van der Waals surface area contributed by atoms with Gasteiger partial charge in [-0.2, -0.15) is 0 Å². The normalized spacial score (nSPS) is 15.0. The van der Waals surface area contributed by atoms with Gasteiger partial charge in [0.05, 0.1) is 26.4 Å². The van der Waals surface area contributed by atoms with Crippen molar-refractivity contribution < 1.29 is 80.2 Å². The van der Waals surface area contributed by atoms with Crippen molar-refractivity contribution in [3.8, 4) is 0 Å². The van der Waals surface area contributed by atoms with Gasteiger partial charge in [-0.15, -0.1) is 0 Å². The molecule has 0 saturated heterocycles. The van der Waals surface area contributed by atoms with E-state index in [1.165, 1.54) is 186 Å². The summed E-state index contributed by atoms with van der Waals surface area (Å²) in [5, 5.41) is 10.6. The summed E-state index contributed by atoms with van der Waals surface area (Å²) in [6.07, 6.45) is 50.1. The molecule has 17 nitrogen and oxygen atoms in total. The van der Waals surface area contributed by atoms with Crippen LogP contribution in [-0.4, -0.2) is 96.7 Å². The van der Waals surface area contributed by atoms with E-state index >= 15 is 0 Å². The van der Waals surface area contributed by atoms with Crippen LogP contribution in [0.15, 0.2) is 0 Å². The van der Waals surface area contributed by atoms with Crippen LogP contribution in [-0.2, 0) is 65.4 Å². The van der Waals surface area contributed by atoms with Crippen LogP contribution >= 0.6 is 15.6 Å². The molecular weight excluding hydrogens is 1220 g/mol. The number of carbonyl (C=O) groups excluding carboxylic acids is 4. The molecule has 19 heteroatoms. The van der Waals surface area contributed by atoms with Gasteiger partial charge in [0.2, 0.25) is 0 Å². The van der Waals surface area contributed by atoms with Gasteiger partial charge in [-0.3, -0.25) is 37.3 Å². The number of hydrogen-bond acceptors (Lipinski definition) is 15. The molecular formula is C74H144O17P2. The van der Waals surface area contributed by atoms with E-state index in [0.29, 0.717) is 25.7 Å². The SMILES string of the molecule is CCCCCCCCCCCC(=O)OC[C@H](COP(=O)(O)OC[C@H](O)COP(=O)(O)OC[C@@H](COC(=O)CCCCCCCCCCC(C)CC)OC(=O)CCCCCCCCCCCCCCCCCCCCC(C)CC)OC(=O)CCCCCCCCC(C)CC. The fourth-order valence-electron chi connectivity index (χ4n) is 11.2. The number of phosphoric acid groups is 2. The predicted octanol–water partition coefficient (Wildman–Crippen LogP) is 21.4. The smallest absolute Gasteiger partial charge is 0.462 e. The Morgan fingerprint density at radius 2 is 0.516 bits per heavy atom. The van der Waals surface area contributed by atoms with Crippen molar-refractivity contribution in [3.05, 3.63) is 0 Å². The minimum absolute atomic E-state index is 0.103. The Morgan fingerprint density at radius 3 is 0.763 bits per heavy atom. The predicted molar refractivity (Wildman–Crippen MR) is 377 cm³/mol. The minimum Gasteiger partial charge on any atom is -0.462 e. The molecule has 0 spiro atoms. The molecule has 0 bridgehead atoms. The summed E-state index contributed by atoms with van der Waals surface area (Å²) < 4.78 is 68.3. The molecule has 0 amide bonds. The maximum atomic E-state index is 13.1. The summed E-state index contributed by atoms with van der Waals surface area (Å²) in [6, 6.07) is 0. The zero-order valence-corrected chi connectivity index (χ0v) is 62.5. The van der Waals surface area contributed by atoms with Crippen molar-refractivity contribution in [3.63, 3.8) is 0 Å². The van der Waals surface area contributed by atoms with E-state index in [1.807, 2.05) is 0 Å². The fraction of sp³-hybridized carbons (Fsp3) is 0.946. The second kappa shape index (κ2) is 64.7. The molecule has 8 atom stereocenters. The monoisotopic (exact) mass is 1370 g/mol. The fourth-order valence-corrected chi connectivity index (χ4v) is 12.7. The van der Waals surface area contributed by atoms with Gasteiger partial charge in [0, 0.05) is 25.7 Å². The summed E-state index contributed by atoms with van der Waals surface area (Å²) in [4.78, 5) is 72.6. The van der Waals surface area contributed by atoms with E-state index in [-0.39, 0.29) is 25.7 Å². The summed E-state index contributed by atoms with van der Waals surface area (Å²) in [5.74, 6) is 0.242. The topological polar surface area (TPSA) is 237 Å². The molecule has 0 fully saturated rings. The molecule has 0 saturated carbocycles. The van der Waals surface area contributed by atoms with Crippen LogP contribution < -0.4 is 0 Å². The highest BCUT2D eigenvalue weighted by Crippen LogP contribution is 2.45. The second-order valence-electron chi connectivity index (χ2n) is 27.4. The van der Waals surface area contributed by atoms with Crippen LogP contribution in [0.3, 0.4) is 0 Å². The molecule has 0 aromatic rings. The van der Waals surface area contributed by atoms with Crippen molar-refractivity contribution in [2.45, 2.75) is 394 Å². The van der Waals surface area contributed by atoms with Crippen molar-refractivity contribution in [1.82, 2.24) is 0 Å². The van der Waals surface area contributed by atoms with Crippen LogP contribution in [0.4, 0.5) is 0 Å². The van der Waals surface area contributed by atoms with Crippen molar-refractivity contribution in [1.29, 1.82) is 0 Å². The van der Waals surface area contributed by atoms with Gasteiger partial charge >= 0.3 is 39.5 Å². The molecule has 0 aliphatic rings. The van der Waals surface area contributed by atoms with Gasteiger partial charge in [-0.25, -0.2) is 9.13 Å². The number of phosphoric ester groups is 2. The van der Waals surface area contributed by atoms with Gasteiger partial charge in [0.15, 0.2) is 12.2 Å². The Bertz CT molecular complexity index is 1820. The van der Waals surface area contributed by atoms with E-state index in [0.717, 1.165) is 108 Å². The number of hydrogen-bond donors (Lipinski definition) is 3. The summed E-state index contributed by atoms with van der Waals surface area (Å²) in [6.45, 7) is 11.9. The zero-order chi connectivity index (χ0) is 68.7. The van der Waals surface area contributed by atoms with Crippen LogP contribution in [0.1, 0.15) is 376 Å². The maximum absolute atomic E-state index is 13.1. The van der Waals surface area contributed by atoms with E-state index in [2.05, 4.69) is 48.5 Å². The van der Waals surface area contributed by atoms with Crippen LogP contribution in [0.5, 0.6) is 0 Å². The van der Waals surface area contributed by atoms with E-state index in [9.17, 15) is 43.2 Å². The number of ether oxygens (including phenoxy) is 4. The number of carbonyl (C=O) groups is 4. The number of aliphatic hydroxyl groups excluding tert-OH is 1. The molecule has 0 aliphatic carbocycles. The molecule has 3 N–H and O–H groups in total. The lowest BCUT2D eigenvalue weighted by Crippen LogP contribution is -2.30. The van der Waals surface area contributed by atoms with Crippen LogP contribution in [0, 0.1) is 17.8 Å². The highest BCUT2D eigenvalue weighted by atomic mass is 31.2. The lowest BCUT2D eigenvalue weighted by atomic mass is 9.99. The van der Waals surface area contributed by atoms with Gasteiger partial charge in [-0.1, -0.05) is 325 Å². The summed E-state index contributed by atoms with van der Waals surface area (Å²) >= 11 is 0. The third kappa shape index (κ3) is 64.5. The molecule has 0 aromatic carbocycles. The second-order valence-corrected chi connectivity index (χ2v) is 30.3. The lowest BCUT2D eigenvalue weighted by molar-refractivity contribution is -0.161. The maximum Gasteiger partial charge on any atom is 0.472 e. The van der Waals surface area contributed by atoms with Crippen LogP contribution in [0.25, 0.3) is 0 Å². The summed E-state index contributed by atoms with van der Waals surface area (Å²) in [5.41, 5.74) is 0. The number of unbranched alkanes of at least 4 members (excludes halogenated alkanes) is 37.